The minimum Gasteiger partial charge on any atom is -0.391 e. The molecule has 1 aromatic heterocycles. The number of hydrogen-bond donors (Lipinski definition) is 2. The van der Waals surface area contributed by atoms with Crippen LogP contribution in [-0.4, -0.2) is 16.2 Å². The molecule has 0 aliphatic rings. The quantitative estimate of drug-likeness (QED) is 0.778. The Hall–Kier alpha value is -1.45. The van der Waals surface area contributed by atoms with Gasteiger partial charge in [-0.15, -0.1) is 0 Å². The van der Waals surface area contributed by atoms with E-state index in [9.17, 15) is 5.11 Å². The molecule has 78 valence electrons. The average molecular weight is 202 g/mol. The summed E-state index contributed by atoms with van der Waals surface area (Å²) in [6.45, 7) is 1.69. The number of para-hydroxylation sites is 1. The summed E-state index contributed by atoms with van der Waals surface area (Å²) in [6.07, 6.45) is 1.17. The van der Waals surface area contributed by atoms with Crippen LogP contribution in [0, 0.1) is 0 Å². The van der Waals surface area contributed by atoms with Crippen LogP contribution in [-0.2, 0) is 0 Å². The zero-order valence-electron chi connectivity index (χ0n) is 8.59. The molecule has 1 unspecified atom stereocenters. The van der Waals surface area contributed by atoms with E-state index in [1.54, 1.807) is 13.1 Å². The number of benzene rings is 1. The number of pyridine rings is 1. The van der Waals surface area contributed by atoms with E-state index in [0.717, 1.165) is 16.5 Å². The van der Waals surface area contributed by atoms with Crippen molar-refractivity contribution < 1.29 is 5.11 Å². The maximum Gasteiger partial charge on any atom is 0.0750 e. The number of aliphatic hydroxyl groups is 1. The first-order valence-corrected chi connectivity index (χ1v) is 4.97. The molecule has 3 heteroatoms. The summed E-state index contributed by atoms with van der Waals surface area (Å²) in [4.78, 5) is 4.29. The van der Waals surface area contributed by atoms with Crippen molar-refractivity contribution in [2.24, 2.45) is 5.73 Å². The van der Waals surface area contributed by atoms with Crippen molar-refractivity contribution >= 4 is 10.9 Å². The minimum absolute atomic E-state index is 0.386. The van der Waals surface area contributed by atoms with Gasteiger partial charge in [0.05, 0.1) is 17.7 Å². The van der Waals surface area contributed by atoms with Crippen molar-refractivity contribution in [2.75, 3.05) is 0 Å². The molecule has 15 heavy (non-hydrogen) atoms. The summed E-state index contributed by atoms with van der Waals surface area (Å²) in [5, 5.41) is 10.5. The summed E-state index contributed by atoms with van der Waals surface area (Å²) < 4.78 is 0. The Morgan fingerprint density at radius 2 is 2.00 bits per heavy atom. The highest BCUT2D eigenvalue weighted by atomic mass is 16.3. The van der Waals surface area contributed by atoms with Gasteiger partial charge in [0.25, 0.3) is 0 Å². The molecule has 1 aromatic carbocycles. The molecule has 3 N–H and O–H groups in total. The van der Waals surface area contributed by atoms with Crippen LogP contribution in [0.25, 0.3) is 10.9 Å². The van der Waals surface area contributed by atoms with Gasteiger partial charge < -0.3 is 10.8 Å². The van der Waals surface area contributed by atoms with Crippen LogP contribution in [0.2, 0.25) is 0 Å². The van der Waals surface area contributed by atoms with E-state index in [2.05, 4.69) is 4.98 Å². The molecule has 0 radical (unpaired) electrons. The number of hydrogen-bond acceptors (Lipinski definition) is 3. The third-order valence-electron chi connectivity index (χ3n) is 2.54. The van der Waals surface area contributed by atoms with Gasteiger partial charge in [-0.3, -0.25) is 4.98 Å². The summed E-state index contributed by atoms with van der Waals surface area (Å²) >= 11 is 0. The molecular formula is C12H14N2O. The van der Waals surface area contributed by atoms with E-state index in [1.165, 1.54) is 0 Å². The van der Waals surface area contributed by atoms with Crippen molar-refractivity contribution in [1.29, 1.82) is 0 Å². The van der Waals surface area contributed by atoms with E-state index in [0.29, 0.717) is 0 Å². The zero-order chi connectivity index (χ0) is 10.8. The second kappa shape index (κ2) is 3.96. The van der Waals surface area contributed by atoms with Crippen molar-refractivity contribution in [1.82, 2.24) is 4.98 Å². The standard InChI is InChI=1S/C12H14N2O/c1-8(15)11(13)10-6-2-4-9-5-3-7-14-12(9)10/h2-8,11,15H,13H2,1H3/t8?,11-/m1/s1. The lowest BCUT2D eigenvalue weighted by atomic mass is 10.00. The molecule has 2 aromatic rings. The fourth-order valence-corrected chi connectivity index (χ4v) is 1.66. The second-order valence-electron chi connectivity index (χ2n) is 3.69. The number of nitrogens with two attached hydrogens (primary N) is 1. The Morgan fingerprint density at radius 1 is 1.27 bits per heavy atom. The first kappa shape index (κ1) is 10.1. The maximum absolute atomic E-state index is 9.48. The lowest BCUT2D eigenvalue weighted by Crippen LogP contribution is -2.23. The molecule has 3 nitrogen and oxygen atoms in total. The van der Waals surface area contributed by atoms with E-state index in [-0.39, 0.29) is 6.04 Å². The predicted octanol–water partition coefficient (Wildman–Crippen LogP) is 1.62. The molecule has 0 aliphatic heterocycles. The third-order valence-corrected chi connectivity index (χ3v) is 2.54. The summed E-state index contributed by atoms with van der Waals surface area (Å²) in [7, 11) is 0. The average Bonchev–Trinajstić information content (AvgIpc) is 2.27. The number of aliphatic hydroxyl groups excluding tert-OH is 1. The van der Waals surface area contributed by atoms with Crippen LogP contribution < -0.4 is 5.73 Å². The molecule has 2 atom stereocenters. The first-order chi connectivity index (χ1) is 7.20. The van der Waals surface area contributed by atoms with Crippen LogP contribution >= 0.6 is 0 Å². The predicted molar refractivity (Wildman–Crippen MR) is 60.4 cm³/mol. The number of aromatic nitrogens is 1. The van der Waals surface area contributed by atoms with Gasteiger partial charge in [-0.2, -0.15) is 0 Å². The van der Waals surface area contributed by atoms with E-state index < -0.39 is 6.10 Å². The van der Waals surface area contributed by atoms with Gasteiger partial charge >= 0.3 is 0 Å². The second-order valence-corrected chi connectivity index (χ2v) is 3.69. The van der Waals surface area contributed by atoms with Crippen LogP contribution in [0.4, 0.5) is 0 Å². The zero-order valence-corrected chi connectivity index (χ0v) is 8.59. The number of nitrogens with zero attached hydrogens (tertiary/aromatic N) is 1. The molecule has 0 saturated heterocycles. The third kappa shape index (κ3) is 1.84. The topological polar surface area (TPSA) is 59.1 Å². The molecule has 0 amide bonds. The van der Waals surface area contributed by atoms with Gasteiger partial charge in [0.15, 0.2) is 0 Å². The van der Waals surface area contributed by atoms with Gasteiger partial charge in [-0.25, -0.2) is 0 Å². The van der Waals surface area contributed by atoms with Crippen LogP contribution in [0.15, 0.2) is 36.5 Å². The van der Waals surface area contributed by atoms with Gasteiger partial charge in [0.2, 0.25) is 0 Å². The highest BCUT2D eigenvalue weighted by Crippen LogP contribution is 2.22. The Balaban J connectivity index is 2.60. The first-order valence-electron chi connectivity index (χ1n) is 4.97. The fourth-order valence-electron chi connectivity index (χ4n) is 1.66. The van der Waals surface area contributed by atoms with E-state index in [4.69, 9.17) is 5.73 Å². The molecule has 1 heterocycles. The SMILES string of the molecule is CC(O)[C@@H](N)c1cccc2cccnc12. The Bertz CT molecular complexity index is 463. The van der Waals surface area contributed by atoms with E-state index in [1.807, 2.05) is 30.3 Å². The summed E-state index contributed by atoms with van der Waals surface area (Å²) in [5.41, 5.74) is 7.67. The van der Waals surface area contributed by atoms with Crippen LogP contribution in [0.5, 0.6) is 0 Å². The molecule has 0 bridgehead atoms. The summed E-state index contributed by atoms with van der Waals surface area (Å²) in [6, 6.07) is 9.32. The highest BCUT2D eigenvalue weighted by molar-refractivity contribution is 5.82. The van der Waals surface area contributed by atoms with Crippen LogP contribution in [0.1, 0.15) is 18.5 Å². The number of rotatable bonds is 2. The molecule has 0 saturated carbocycles. The molecule has 0 fully saturated rings. The van der Waals surface area contributed by atoms with Gasteiger partial charge in [-0.05, 0) is 18.6 Å². The highest BCUT2D eigenvalue weighted by Gasteiger charge is 2.14. The lowest BCUT2D eigenvalue weighted by Gasteiger charge is -2.16. The lowest BCUT2D eigenvalue weighted by molar-refractivity contribution is 0.165. The Labute approximate surface area is 88.6 Å². The van der Waals surface area contributed by atoms with Crippen molar-refractivity contribution in [3.05, 3.63) is 42.1 Å². The Kier molecular flexibility index (Phi) is 2.66. The van der Waals surface area contributed by atoms with Gasteiger partial charge in [0.1, 0.15) is 0 Å². The van der Waals surface area contributed by atoms with Crippen molar-refractivity contribution in [2.45, 2.75) is 19.1 Å². The normalized spacial score (nSPS) is 15.1. The largest absolute Gasteiger partial charge is 0.391 e. The molecular weight excluding hydrogens is 188 g/mol. The maximum atomic E-state index is 9.48. The Morgan fingerprint density at radius 3 is 2.73 bits per heavy atom. The van der Waals surface area contributed by atoms with Crippen molar-refractivity contribution in [3.8, 4) is 0 Å². The molecule has 0 aliphatic carbocycles. The van der Waals surface area contributed by atoms with Gasteiger partial charge in [0, 0.05) is 11.6 Å². The van der Waals surface area contributed by atoms with Crippen molar-refractivity contribution in [3.63, 3.8) is 0 Å². The molecule has 0 spiro atoms. The van der Waals surface area contributed by atoms with E-state index >= 15 is 0 Å². The monoisotopic (exact) mass is 202 g/mol. The van der Waals surface area contributed by atoms with Crippen LogP contribution in [0.3, 0.4) is 0 Å². The smallest absolute Gasteiger partial charge is 0.0750 e. The molecule has 2 rings (SSSR count). The fraction of sp³-hybridized carbons (Fsp3) is 0.250. The minimum atomic E-state index is -0.572. The van der Waals surface area contributed by atoms with Gasteiger partial charge in [-0.1, -0.05) is 24.3 Å². The number of fused-ring (bicyclic) bond motifs is 1. The summed E-state index contributed by atoms with van der Waals surface area (Å²) in [5.74, 6) is 0.